The molecule has 5 heteroatoms. The van der Waals surface area contributed by atoms with Gasteiger partial charge in [-0.1, -0.05) is 53.5 Å². The molecule has 108 valence electrons. The fraction of sp³-hybridized carbons (Fsp3) is 0.188. The second kappa shape index (κ2) is 6.06. The monoisotopic (exact) mass is 319 g/mol. The van der Waals surface area contributed by atoms with Crippen LogP contribution in [0.15, 0.2) is 42.5 Å². The second-order valence-electron chi connectivity index (χ2n) is 5.04. The van der Waals surface area contributed by atoms with Crippen molar-refractivity contribution in [1.29, 1.82) is 0 Å². The summed E-state index contributed by atoms with van der Waals surface area (Å²) in [5.41, 5.74) is 9.14. The van der Waals surface area contributed by atoms with Gasteiger partial charge in [0.15, 0.2) is 0 Å². The highest BCUT2D eigenvalue weighted by molar-refractivity contribution is 6.42. The van der Waals surface area contributed by atoms with E-state index in [9.17, 15) is 0 Å². The number of rotatable bonds is 4. The lowest BCUT2D eigenvalue weighted by atomic mass is 10.1. The van der Waals surface area contributed by atoms with E-state index >= 15 is 0 Å². The highest BCUT2D eigenvalue weighted by Gasteiger charge is 2.12. The lowest BCUT2D eigenvalue weighted by Crippen LogP contribution is -2.13. The van der Waals surface area contributed by atoms with Gasteiger partial charge in [-0.15, -0.1) is 0 Å². The molecule has 0 saturated heterocycles. The molecule has 0 amide bonds. The summed E-state index contributed by atoms with van der Waals surface area (Å²) in [5, 5.41) is 1.01. The number of aromatic amines is 1. The zero-order chi connectivity index (χ0) is 14.8. The van der Waals surface area contributed by atoms with Crippen molar-refractivity contribution < 1.29 is 0 Å². The van der Waals surface area contributed by atoms with Crippen molar-refractivity contribution in [2.45, 2.75) is 18.9 Å². The highest BCUT2D eigenvalue weighted by atomic mass is 35.5. The van der Waals surface area contributed by atoms with Crippen LogP contribution < -0.4 is 5.73 Å². The van der Waals surface area contributed by atoms with Crippen molar-refractivity contribution in [3.8, 4) is 0 Å². The molecular formula is C16H15Cl2N3. The molecule has 1 atom stereocenters. The Labute approximate surface area is 133 Å². The quantitative estimate of drug-likeness (QED) is 0.743. The van der Waals surface area contributed by atoms with Gasteiger partial charge in [0, 0.05) is 0 Å². The number of fused-ring (bicyclic) bond motifs is 1. The molecule has 2 aromatic carbocycles. The van der Waals surface area contributed by atoms with Crippen molar-refractivity contribution in [2.75, 3.05) is 0 Å². The first-order valence-electron chi connectivity index (χ1n) is 6.77. The number of halogens is 2. The Kier molecular flexibility index (Phi) is 4.15. The maximum Gasteiger partial charge on any atom is 0.124 e. The van der Waals surface area contributed by atoms with Crippen LogP contribution in [0.3, 0.4) is 0 Å². The van der Waals surface area contributed by atoms with Gasteiger partial charge in [0.2, 0.25) is 0 Å². The van der Waals surface area contributed by atoms with E-state index in [1.54, 1.807) is 12.1 Å². The van der Waals surface area contributed by atoms with E-state index in [0.717, 1.165) is 29.7 Å². The van der Waals surface area contributed by atoms with Crippen LogP contribution >= 0.6 is 23.2 Å². The van der Waals surface area contributed by atoms with Gasteiger partial charge in [0.1, 0.15) is 5.82 Å². The van der Waals surface area contributed by atoms with Crippen molar-refractivity contribution in [2.24, 2.45) is 5.73 Å². The van der Waals surface area contributed by atoms with E-state index < -0.39 is 0 Å². The number of aromatic nitrogens is 2. The lowest BCUT2D eigenvalue weighted by Gasteiger charge is -2.08. The minimum atomic E-state index is -0.143. The largest absolute Gasteiger partial charge is 0.341 e. The lowest BCUT2D eigenvalue weighted by molar-refractivity contribution is 0.621. The predicted molar refractivity (Wildman–Crippen MR) is 87.8 cm³/mol. The van der Waals surface area contributed by atoms with Crippen molar-refractivity contribution in [3.05, 3.63) is 63.9 Å². The van der Waals surface area contributed by atoms with Gasteiger partial charge in [0.25, 0.3) is 0 Å². The molecule has 3 N–H and O–H groups in total. The van der Waals surface area contributed by atoms with Crippen LogP contribution in [0.5, 0.6) is 0 Å². The van der Waals surface area contributed by atoms with Gasteiger partial charge in [-0.3, -0.25) is 0 Å². The Balaban J connectivity index is 1.77. The minimum Gasteiger partial charge on any atom is -0.341 e. The van der Waals surface area contributed by atoms with Gasteiger partial charge >= 0.3 is 0 Å². The van der Waals surface area contributed by atoms with E-state index in [4.69, 9.17) is 28.9 Å². The maximum atomic E-state index is 6.22. The third kappa shape index (κ3) is 3.21. The summed E-state index contributed by atoms with van der Waals surface area (Å²) in [7, 11) is 0. The van der Waals surface area contributed by atoms with Gasteiger partial charge in [0.05, 0.1) is 27.1 Å². The second-order valence-corrected chi connectivity index (χ2v) is 5.85. The number of hydrogen-bond donors (Lipinski definition) is 2. The van der Waals surface area contributed by atoms with Gasteiger partial charge in [-0.25, -0.2) is 4.98 Å². The molecule has 0 aliphatic carbocycles. The van der Waals surface area contributed by atoms with Crippen LogP contribution in [-0.4, -0.2) is 9.97 Å². The zero-order valence-corrected chi connectivity index (χ0v) is 12.8. The van der Waals surface area contributed by atoms with Gasteiger partial charge in [-0.05, 0) is 30.5 Å². The topological polar surface area (TPSA) is 54.7 Å². The van der Waals surface area contributed by atoms with E-state index in [1.807, 2.05) is 18.2 Å². The average molecular weight is 320 g/mol. The molecule has 1 unspecified atom stereocenters. The van der Waals surface area contributed by atoms with Crippen LogP contribution in [0.1, 0.15) is 23.9 Å². The molecule has 0 saturated carbocycles. The number of nitrogens with two attached hydrogens (primary N) is 1. The third-order valence-electron chi connectivity index (χ3n) is 3.48. The highest BCUT2D eigenvalue weighted by Crippen LogP contribution is 2.27. The summed E-state index contributed by atoms with van der Waals surface area (Å²) in [6, 6.07) is 13.7. The number of aryl methyl sites for hydroxylation is 1. The number of imidazole rings is 1. The molecule has 0 bridgehead atoms. The number of H-pyrrole nitrogens is 1. The van der Waals surface area contributed by atoms with Crippen molar-refractivity contribution >= 4 is 34.2 Å². The molecule has 0 spiro atoms. The van der Waals surface area contributed by atoms with Gasteiger partial charge in [-0.2, -0.15) is 0 Å². The first kappa shape index (κ1) is 14.4. The van der Waals surface area contributed by atoms with Crippen molar-refractivity contribution in [3.63, 3.8) is 0 Å². The molecule has 0 radical (unpaired) electrons. The standard InChI is InChI=1S/C16H15Cl2N3/c17-11-8-14-15(9-12(11)18)21-16(20-14)13(19)7-6-10-4-2-1-3-5-10/h1-5,8-9,13H,6-7,19H2,(H,20,21). The summed E-state index contributed by atoms with van der Waals surface area (Å²) in [5.74, 6) is 0.763. The number of nitrogens with one attached hydrogen (secondary N) is 1. The predicted octanol–water partition coefficient (Wildman–Crippen LogP) is 4.50. The fourth-order valence-corrected chi connectivity index (χ4v) is 2.63. The van der Waals surface area contributed by atoms with Crippen LogP contribution in [0, 0.1) is 0 Å². The van der Waals surface area contributed by atoms with Crippen LogP contribution in [0.4, 0.5) is 0 Å². The summed E-state index contributed by atoms with van der Waals surface area (Å²) in [6.07, 6.45) is 1.74. The first-order valence-corrected chi connectivity index (χ1v) is 7.53. The Hall–Kier alpha value is -1.55. The summed E-state index contributed by atoms with van der Waals surface area (Å²) in [6.45, 7) is 0. The van der Waals surface area contributed by atoms with Gasteiger partial charge < -0.3 is 10.7 Å². The molecular weight excluding hydrogens is 305 g/mol. The Morgan fingerprint density at radius 1 is 1.10 bits per heavy atom. The van der Waals surface area contributed by atoms with E-state index in [0.29, 0.717) is 10.0 Å². The molecule has 3 rings (SSSR count). The zero-order valence-electron chi connectivity index (χ0n) is 11.3. The number of hydrogen-bond acceptors (Lipinski definition) is 2. The number of benzene rings is 2. The summed E-state index contributed by atoms with van der Waals surface area (Å²) < 4.78 is 0. The van der Waals surface area contributed by atoms with Crippen LogP contribution in [0.25, 0.3) is 11.0 Å². The normalized spacial score (nSPS) is 12.7. The van der Waals surface area contributed by atoms with Crippen molar-refractivity contribution in [1.82, 2.24) is 9.97 Å². The molecule has 21 heavy (non-hydrogen) atoms. The summed E-state index contributed by atoms with van der Waals surface area (Å²) >= 11 is 12.0. The Bertz CT molecular complexity index is 714. The molecule has 1 aromatic heterocycles. The molecule has 1 heterocycles. The smallest absolute Gasteiger partial charge is 0.124 e. The minimum absolute atomic E-state index is 0.143. The molecule has 3 nitrogen and oxygen atoms in total. The molecule has 0 aliphatic rings. The maximum absolute atomic E-state index is 6.22. The molecule has 3 aromatic rings. The van der Waals surface area contributed by atoms with E-state index in [1.165, 1.54) is 5.56 Å². The van der Waals surface area contributed by atoms with Crippen LogP contribution in [-0.2, 0) is 6.42 Å². The summed E-state index contributed by atoms with van der Waals surface area (Å²) in [4.78, 5) is 7.72. The third-order valence-corrected chi connectivity index (χ3v) is 4.20. The Morgan fingerprint density at radius 2 is 1.81 bits per heavy atom. The first-order chi connectivity index (χ1) is 10.1. The Morgan fingerprint density at radius 3 is 2.57 bits per heavy atom. The van der Waals surface area contributed by atoms with E-state index in [-0.39, 0.29) is 6.04 Å². The molecule has 0 aliphatic heterocycles. The average Bonchev–Trinajstić information content (AvgIpc) is 2.89. The van der Waals surface area contributed by atoms with Crippen LogP contribution in [0.2, 0.25) is 10.0 Å². The van der Waals surface area contributed by atoms with E-state index in [2.05, 4.69) is 22.1 Å². The number of nitrogens with zero attached hydrogens (tertiary/aromatic N) is 1. The SMILES string of the molecule is NC(CCc1ccccc1)c1nc2cc(Cl)c(Cl)cc2[nH]1. The molecule has 0 fully saturated rings. The fourth-order valence-electron chi connectivity index (χ4n) is 2.30.